The van der Waals surface area contributed by atoms with Gasteiger partial charge in [0.1, 0.15) is 23.8 Å². The largest absolute Gasteiger partial charge is 0.487 e. The summed E-state index contributed by atoms with van der Waals surface area (Å²) in [6.07, 6.45) is 3.87. The Morgan fingerprint density at radius 3 is 2.38 bits per heavy atom. The molecule has 0 amide bonds. The fourth-order valence-corrected chi connectivity index (χ4v) is 3.86. The molecule has 0 aliphatic carbocycles. The van der Waals surface area contributed by atoms with Crippen LogP contribution in [0, 0.1) is 6.92 Å². The van der Waals surface area contributed by atoms with Crippen LogP contribution >= 0.6 is 0 Å². The van der Waals surface area contributed by atoms with Crippen LogP contribution in [0.4, 0.5) is 0 Å². The van der Waals surface area contributed by atoms with Gasteiger partial charge >= 0.3 is 5.97 Å². The summed E-state index contributed by atoms with van der Waals surface area (Å²) in [5, 5.41) is 0. The summed E-state index contributed by atoms with van der Waals surface area (Å²) in [5.41, 5.74) is 7.65. The monoisotopic (exact) mass is 526 g/mol. The number of aromatic nitrogens is 1. The third kappa shape index (κ3) is 8.58. The minimum Gasteiger partial charge on any atom is -0.487 e. The number of esters is 1. The number of hydrogen-bond acceptors (Lipinski definition) is 7. The highest BCUT2D eigenvalue weighted by Gasteiger charge is 2.12. The number of allylic oxidation sites excluding steroid dienone is 1. The SMILES string of the molecule is CCOC(=O)CCCC=C(NOCc1ccc(OCc2nc(-c3ccccc3)oc2C)cc1)c1ccccc1. The lowest BCUT2D eigenvalue weighted by molar-refractivity contribution is -0.143. The lowest BCUT2D eigenvalue weighted by Crippen LogP contribution is -2.13. The molecule has 0 atom stereocenters. The van der Waals surface area contributed by atoms with Crippen molar-refractivity contribution in [2.45, 2.75) is 46.3 Å². The smallest absolute Gasteiger partial charge is 0.305 e. The maximum atomic E-state index is 11.6. The summed E-state index contributed by atoms with van der Waals surface area (Å²) in [4.78, 5) is 22.0. The molecule has 202 valence electrons. The van der Waals surface area contributed by atoms with E-state index in [0.29, 0.717) is 38.6 Å². The number of nitrogens with zero attached hydrogens (tertiary/aromatic N) is 1. The number of unbranched alkanes of at least 4 members (excludes halogenated alkanes) is 1. The van der Waals surface area contributed by atoms with Crippen molar-refractivity contribution < 1.29 is 23.5 Å². The van der Waals surface area contributed by atoms with E-state index in [-0.39, 0.29) is 5.97 Å². The summed E-state index contributed by atoms with van der Waals surface area (Å²) in [6.45, 7) is 4.80. The normalized spacial score (nSPS) is 11.3. The van der Waals surface area contributed by atoms with E-state index in [1.165, 1.54) is 0 Å². The van der Waals surface area contributed by atoms with Crippen LogP contribution in [0.1, 0.15) is 48.8 Å². The van der Waals surface area contributed by atoms with Crippen molar-refractivity contribution >= 4 is 11.7 Å². The van der Waals surface area contributed by atoms with Crippen LogP contribution in [-0.4, -0.2) is 17.6 Å². The third-order valence-electron chi connectivity index (χ3n) is 5.96. The molecular weight excluding hydrogens is 492 g/mol. The van der Waals surface area contributed by atoms with E-state index in [1.54, 1.807) is 0 Å². The molecule has 1 N–H and O–H groups in total. The summed E-state index contributed by atoms with van der Waals surface area (Å²) >= 11 is 0. The molecule has 7 heteroatoms. The Kier molecular flexibility index (Phi) is 10.3. The highest BCUT2D eigenvalue weighted by molar-refractivity contribution is 5.69. The molecule has 3 aromatic carbocycles. The Morgan fingerprint density at radius 1 is 0.949 bits per heavy atom. The van der Waals surface area contributed by atoms with E-state index >= 15 is 0 Å². The van der Waals surface area contributed by atoms with E-state index in [9.17, 15) is 4.79 Å². The summed E-state index contributed by atoms with van der Waals surface area (Å²) in [7, 11) is 0. The topological polar surface area (TPSA) is 82.8 Å². The number of hydrogen-bond donors (Lipinski definition) is 1. The highest BCUT2D eigenvalue weighted by atomic mass is 16.6. The van der Waals surface area contributed by atoms with Gasteiger partial charge in [0, 0.05) is 12.0 Å². The van der Waals surface area contributed by atoms with Crippen molar-refractivity contribution in [3.8, 4) is 17.2 Å². The number of oxazole rings is 1. The molecule has 0 saturated carbocycles. The molecule has 0 saturated heterocycles. The van der Waals surface area contributed by atoms with Gasteiger partial charge in [-0.3, -0.25) is 15.1 Å². The van der Waals surface area contributed by atoms with Crippen molar-refractivity contribution in [3.63, 3.8) is 0 Å². The van der Waals surface area contributed by atoms with Gasteiger partial charge in [0.15, 0.2) is 0 Å². The van der Waals surface area contributed by atoms with Crippen LogP contribution < -0.4 is 10.2 Å². The molecule has 39 heavy (non-hydrogen) atoms. The quantitative estimate of drug-likeness (QED) is 0.107. The number of benzene rings is 3. The van der Waals surface area contributed by atoms with Crippen LogP contribution in [0.5, 0.6) is 5.75 Å². The van der Waals surface area contributed by atoms with Gasteiger partial charge in [0.2, 0.25) is 5.89 Å². The average Bonchev–Trinajstić information content (AvgIpc) is 3.35. The number of hydroxylamine groups is 1. The molecule has 0 bridgehead atoms. The van der Waals surface area contributed by atoms with Crippen molar-refractivity contribution in [2.24, 2.45) is 0 Å². The van der Waals surface area contributed by atoms with Crippen LogP contribution in [0.3, 0.4) is 0 Å². The molecular formula is C32H34N2O5. The van der Waals surface area contributed by atoms with Gasteiger partial charge in [0.25, 0.3) is 0 Å². The van der Waals surface area contributed by atoms with Gasteiger partial charge in [-0.25, -0.2) is 4.98 Å². The van der Waals surface area contributed by atoms with Gasteiger partial charge in [-0.2, -0.15) is 0 Å². The van der Waals surface area contributed by atoms with Gasteiger partial charge in [-0.1, -0.05) is 66.7 Å². The molecule has 1 heterocycles. The van der Waals surface area contributed by atoms with Crippen molar-refractivity contribution in [1.29, 1.82) is 0 Å². The standard InChI is InChI=1S/C32H34N2O5/c1-3-36-31(35)17-11-10-16-29(26-12-6-4-7-13-26)34-38-22-25-18-20-28(21-19-25)37-23-30-24(2)39-32(33-30)27-14-8-5-9-15-27/h4-9,12-16,18-21,34H,3,10-11,17,22-23H2,1-2H3. The number of ether oxygens (including phenoxy) is 2. The molecule has 0 fully saturated rings. The molecule has 4 rings (SSSR count). The molecule has 1 aromatic heterocycles. The van der Waals surface area contributed by atoms with Crippen LogP contribution in [0.2, 0.25) is 0 Å². The first-order valence-electron chi connectivity index (χ1n) is 13.1. The molecule has 0 radical (unpaired) electrons. The Hall–Kier alpha value is -4.36. The molecule has 0 unspecified atom stereocenters. The van der Waals surface area contributed by atoms with E-state index < -0.39 is 0 Å². The van der Waals surface area contributed by atoms with Crippen molar-refractivity contribution in [3.05, 3.63) is 114 Å². The highest BCUT2D eigenvalue weighted by Crippen LogP contribution is 2.23. The Morgan fingerprint density at radius 2 is 1.67 bits per heavy atom. The minimum absolute atomic E-state index is 0.170. The van der Waals surface area contributed by atoms with E-state index in [4.69, 9.17) is 18.7 Å². The molecule has 7 nitrogen and oxygen atoms in total. The predicted molar refractivity (Wildman–Crippen MR) is 150 cm³/mol. The zero-order valence-corrected chi connectivity index (χ0v) is 22.4. The zero-order valence-electron chi connectivity index (χ0n) is 22.4. The van der Waals surface area contributed by atoms with E-state index in [2.05, 4.69) is 10.5 Å². The van der Waals surface area contributed by atoms with E-state index in [1.807, 2.05) is 105 Å². The molecule has 0 aliphatic rings. The van der Waals surface area contributed by atoms with Crippen LogP contribution in [0.25, 0.3) is 17.2 Å². The lowest BCUT2D eigenvalue weighted by atomic mass is 10.1. The number of aryl methyl sites for hydroxylation is 1. The second-order valence-electron chi connectivity index (χ2n) is 8.89. The van der Waals surface area contributed by atoms with Gasteiger partial charge in [-0.15, -0.1) is 0 Å². The lowest BCUT2D eigenvalue weighted by Gasteiger charge is -2.12. The molecule has 0 aliphatic heterocycles. The first kappa shape index (κ1) is 27.7. The maximum Gasteiger partial charge on any atom is 0.305 e. The predicted octanol–water partition coefficient (Wildman–Crippen LogP) is 7.02. The second kappa shape index (κ2) is 14.5. The minimum atomic E-state index is -0.170. The number of rotatable bonds is 14. The number of carbonyl (C=O) groups is 1. The summed E-state index contributed by atoms with van der Waals surface area (Å²) < 4.78 is 16.8. The fourth-order valence-electron chi connectivity index (χ4n) is 3.86. The Labute approximate surface area is 229 Å². The van der Waals surface area contributed by atoms with Crippen molar-refractivity contribution in [2.75, 3.05) is 6.61 Å². The van der Waals surface area contributed by atoms with Crippen molar-refractivity contribution in [1.82, 2.24) is 10.5 Å². The Bertz CT molecular complexity index is 1330. The fraction of sp³-hybridized carbons (Fsp3) is 0.250. The van der Waals surface area contributed by atoms with E-state index in [0.717, 1.165) is 46.0 Å². The maximum absolute atomic E-state index is 11.6. The second-order valence-corrected chi connectivity index (χ2v) is 8.89. The average molecular weight is 527 g/mol. The molecule has 4 aromatic rings. The first-order chi connectivity index (χ1) is 19.1. The van der Waals surface area contributed by atoms with Crippen LogP contribution in [-0.2, 0) is 27.6 Å². The van der Waals surface area contributed by atoms with Gasteiger partial charge in [0.05, 0.1) is 18.9 Å². The zero-order chi connectivity index (χ0) is 27.3. The number of carbonyl (C=O) groups excluding carboxylic acids is 1. The molecule has 0 spiro atoms. The van der Waals surface area contributed by atoms with Crippen LogP contribution in [0.15, 0.2) is 95.4 Å². The summed E-state index contributed by atoms with van der Waals surface area (Å²) in [5.74, 6) is 1.90. The van der Waals surface area contributed by atoms with Gasteiger partial charge < -0.3 is 13.9 Å². The first-order valence-corrected chi connectivity index (χ1v) is 13.1. The third-order valence-corrected chi connectivity index (χ3v) is 5.96. The number of nitrogens with one attached hydrogen (secondary N) is 1. The summed E-state index contributed by atoms with van der Waals surface area (Å²) in [6, 6.07) is 27.5. The van der Waals surface area contributed by atoms with Gasteiger partial charge in [-0.05, 0) is 62.1 Å². The Balaban J connectivity index is 1.27.